The summed E-state index contributed by atoms with van der Waals surface area (Å²) >= 11 is 0. The molecule has 1 aromatic carbocycles. The van der Waals surface area contributed by atoms with E-state index in [0.717, 1.165) is 29.0 Å². The Morgan fingerprint density at radius 2 is 2.22 bits per heavy atom. The minimum absolute atomic E-state index is 0.103. The molecule has 0 saturated carbocycles. The van der Waals surface area contributed by atoms with Gasteiger partial charge in [-0.3, -0.25) is 4.98 Å². The fourth-order valence-electron chi connectivity index (χ4n) is 2.30. The zero-order valence-electron chi connectivity index (χ0n) is 10.4. The van der Waals surface area contributed by atoms with Crippen LogP contribution < -0.4 is 10.5 Å². The maximum atomic E-state index is 5.91. The van der Waals surface area contributed by atoms with Crippen LogP contribution in [0.25, 0.3) is 11.3 Å². The first-order valence-corrected chi connectivity index (χ1v) is 6.19. The molecule has 0 saturated heterocycles. The van der Waals surface area contributed by atoms with Crippen molar-refractivity contribution < 1.29 is 4.74 Å². The van der Waals surface area contributed by atoms with E-state index in [1.54, 1.807) is 0 Å². The number of para-hydroxylation sites is 1. The van der Waals surface area contributed by atoms with Crippen LogP contribution >= 0.6 is 0 Å². The van der Waals surface area contributed by atoms with Crippen LogP contribution in [0.3, 0.4) is 0 Å². The molecule has 1 aliphatic heterocycles. The van der Waals surface area contributed by atoms with Crippen molar-refractivity contribution >= 4 is 0 Å². The highest BCUT2D eigenvalue weighted by molar-refractivity contribution is 5.70. The number of pyridine rings is 1. The minimum atomic E-state index is 0.103. The highest BCUT2D eigenvalue weighted by Crippen LogP contribution is 2.37. The topological polar surface area (TPSA) is 48.1 Å². The monoisotopic (exact) mass is 240 g/mol. The van der Waals surface area contributed by atoms with E-state index in [4.69, 9.17) is 10.5 Å². The SMILES string of the molecule is Cc1ccc(-c2cccc3c2O[C@@H](CN)C3)nc1. The second-order valence-electron chi connectivity index (χ2n) is 4.69. The number of aromatic nitrogens is 1. The number of hydrogen-bond donors (Lipinski definition) is 1. The molecule has 0 bridgehead atoms. The molecular weight excluding hydrogens is 224 g/mol. The Kier molecular flexibility index (Phi) is 2.76. The smallest absolute Gasteiger partial charge is 0.132 e. The lowest BCUT2D eigenvalue weighted by molar-refractivity contribution is 0.242. The molecule has 0 amide bonds. The third kappa shape index (κ3) is 1.87. The van der Waals surface area contributed by atoms with Crippen LogP contribution in [-0.2, 0) is 6.42 Å². The molecule has 18 heavy (non-hydrogen) atoms. The van der Waals surface area contributed by atoms with Gasteiger partial charge in [0.1, 0.15) is 11.9 Å². The molecule has 1 aromatic heterocycles. The average Bonchev–Trinajstić information content (AvgIpc) is 2.82. The second kappa shape index (κ2) is 4.42. The van der Waals surface area contributed by atoms with E-state index in [9.17, 15) is 0 Å². The third-order valence-corrected chi connectivity index (χ3v) is 3.28. The Morgan fingerprint density at radius 1 is 1.33 bits per heavy atom. The molecule has 92 valence electrons. The maximum absolute atomic E-state index is 5.91. The number of hydrogen-bond acceptors (Lipinski definition) is 3. The largest absolute Gasteiger partial charge is 0.488 e. The molecule has 1 aliphatic rings. The predicted octanol–water partition coefficient (Wildman–Crippen LogP) is 2.32. The Labute approximate surface area is 107 Å². The van der Waals surface area contributed by atoms with Crippen LogP contribution in [-0.4, -0.2) is 17.6 Å². The first-order chi connectivity index (χ1) is 8.78. The van der Waals surface area contributed by atoms with Crippen LogP contribution in [0, 0.1) is 6.92 Å². The number of fused-ring (bicyclic) bond motifs is 1. The molecule has 0 aliphatic carbocycles. The normalized spacial score (nSPS) is 17.3. The molecule has 2 N–H and O–H groups in total. The van der Waals surface area contributed by atoms with Crippen molar-refractivity contribution in [3.05, 3.63) is 47.7 Å². The van der Waals surface area contributed by atoms with Gasteiger partial charge in [0.2, 0.25) is 0 Å². The van der Waals surface area contributed by atoms with Gasteiger partial charge in [-0.05, 0) is 30.2 Å². The third-order valence-electron chi connectivity index (χ3n) is 3.28. The molecule has 2 aromatic rings. The van der Waals surface area contributed by atoms with E-state index >= 15 is 0 Å². The van der Waals surface area contributed by atoms with Gasteiger partial charge in [-0.25, -0.2) is 0 Å². The molecule has 3 rings (SSSR count). The van der Waals surface area contributed by atoms with Crippen LogP contribution in [0.1, 0.15) is 11.1 Å². The van der Waals surface area contributed by atoms with E-state index in [2.05, 4.69) is 29.2 Å². The van der Waals surface area contributed by atoms with E-state index < -0.39 is 0 Å². The lowest BCUT2D eigenvalue weighted by atomic mass is 10.0. The predicted molar refractivity (Wildman–Crippen MR) is 71.6 cm³/mol. The maximum Gasteiger partial charge on any atom is 0.132 e. The van der Waals surface area contributed by atoms with Crippen molar-refractivity contribution in [2.75, 3.05) is 6.54 Å². The molecule has 2 heterocycles. The number of ether oxygens (including phenoxy) is 1. The quantitative estimate of drug-likeness (QED) is 0.876. The molecule has 3 heteroatoms. The van der Waals surface area contributed by atoms with Crippen molar-refractivity contribution in [3.8, 4) is 17.0 Å². The summed E-state index contributed by atoms with van der Waals surface area (Å²) in [5, 5.41) is 0. The van der Waals surface area contributed by atoms with Gasteiger partial charge in [-0.1, -0.05) is 18.2 Å². The highest BCUT2D eigenvalue weighted by Gasteiger charge is 2.24. The standard InChI is InChI=1S/C15H16N2O/c1-10-5-6-14(17-9-10)13-4-2-3-11-7-12(8-16)18-15(11)13/h2-6,9,12H,7-8,16H2,1H3/t12-/m1/s1. The van der Waals surface area contributed by atoms with Crippen molar-refractivity contribution in [3.63, 3.8) is 0 Å². The minimum Gasteiger partial charge on any atom is -0.488 e. The summed E-state index contributed by atoms with van der Waals surface area (Å²) in [7, 11) is 0. The summed E-state index contributed by atoms with van der Waals surface area (Å²) < 4.78 is 5.91. The van der Waals surface area contributed by atoms with E-state index in [1.807, 2.05) is 19.2 Å². The zero-order chi connectivity index (χ0) is 12.5. The van der Waals surface area contributed by atoms with Crippen LogP contribution in [0.5, 0.6) is 5.75 Å². The Morgan fingerprint density at radius 3 is 2.94 bits per heavy atom. The van der Waals surface area contributed by atoms with E-state index in [0.29, 0.717) is 6.54 Å². The van der Waals surface area contributed by atoms with Gasteiger partial charge in [0.05, 0.1) is 5.69 Å². The Bertz CT molecular complexity index is 563. The van der Waals surface area contributed by atoms with Crippen LogP contribution in [0.4, 0.5) is 0 Å². The average molecular weight is 240 g/mol. The Hall–Kier alpha value is -1.87. The number of rotatable bonds is 2. The second-order valence-corrected chi connectivity index (χ2v) is 4.69. The number of aryl methyl sites for hydroxylation is 1. The Balaban J connectivity index is 2.05. The summed E-state index contributed by atoms with van der Waals surface area (Å²) in [6, 6.07) is 10.3. The van der Waals surface area contributed by atoms with Gasteiger partial charge in [-0.2, -0.15) is 0 Å². The molecule has 0 spiro atoms. The van der Waals surface area contributed by atoms with Gasteiger partial charge in [0.25, 0.3) is 0 Å². The molecule has 0 fully saturated rings. The van der Waals surface area contributed by atoms with Gasteiger partial charge in [-0.15, -0.1) is 0 Å². The number of nitrogens with zero attached hydrogens (tertiary/aromatic N) is 1. The van der Waals surface area contributed by atoms with Gasteiger partial charge in [0, 0.05) is 24.7 Å². The fraction of sp³-hybridized carbons (Fsp3) is 0.267. The van der Waals surface area contributed by atoms with Crippen LogP contribution in [0.2, 0.25) is 0 Å². The molecular formula is C15H16N2O. The summed E-state index contributed by atoms with van der Waals surface area (Å²) in [5.41, 5.74) is 10.1. The van der Waals surface area contributed by atoms with E-state index in [1.165, 1.54) is 5.56 Å². The molecule has 3 nitrogen and oxygen atoms in total. The highest BCUT2D eigenvalue weighted by atomic mass is 16.5. The first-order valence-electron chi connectivity index (χ1n) is 6.19. The van der Waals surface area contributed by atoms with E-state index in [-0.39, 0.29) is 6.10 Å². The molecule has 0 radical (unpaired) electrons. The van der Waals surface area contributed by atoms with Crippen molar-refractivity contribution in [2.24, 2.45) is 5.73 Å². The van der Waals surface area contributed by atoms with Crippen molar-refractivity contribution in [1.82, 2.24) is 4.98 Å². The number of nitrogens with two attached hydrogens (primary N) is 1. The van der Waals surface area contributed by atoms with Crippen LogP contribution in [0.15, 0.2) is 36.5 Å². The first kappa shape index (κ1) is 11.2. The van der Waals surface area contributed by atoms with Gasteiger partial charge >= 0.3 is 0 Å². The van der Waals surface area contributed by atoms with Crippen molar-refractivity contribution in [1.29, 1.82) is 0 Å². The zero-order valence-corrected chi connectivity index (χ0v) is 10.4. The summed E-state index contributed by atoms with van der Waals surface area (Å²) in [5.74, 6) is 0.948. The van der Waals surface area contributed by atoms with Gasteiger partial charge in [0.15, 0.2) is 0 Å². The molecule has 0 unspecified atom stereocenters. The summed E-state index contributed by atoms with van der Waals surface area (Å²) in [6.07, 6.45) is 2.88. The lowest BCUT2D eigenvalue weighted by Crippen LogP contribution is -2.24. The number of benzene rings is 1. The fourth-order valence-corrected chi connectivity index (χ4v) is 2.30. The summed E-state index contributed by atoms with van der Waals surface area (Å²) in [6.45, 7) is 2.59. The van der Waals surface area contributed by atoms with Gasteiger partial charge < -0.3 is 10.5 Å². The summed E-state index contributed by atoms with van der Waals surface area (Å²) in [4.78, 5) is 4.47. The molecule has 1 atom stereocenters. The van der Waals surface area contributed by atoms with Crippen molar-refractivity contribution in [2.45, 2.75) is 19.4 Å². The lowest BCUT2D eigenvalue weighted by Gasteiger charge is -2.10.